The van der Waals surface area contributed by atoms with Crippen LogP contribution in [0, 0.1) is 0 Å². The molecule has 1 aliphatic heterocycles. The zero-order valence-electron chi connectivity index (χ0n) is 7.39. The molecule has 5 nitrogen and oxygen atoms in total. The van der Waals surface area contributed by atoms with E-state index in [4.69, 9.17) is 0 Å². The number of rotatable bonds is 2. The minimum absolute atomic E-state index is 0.289. The van der Waals surface area contributed by atoms with E-state index in [9.17, 15) is 18.3 Å². The van der Waals surface area contributed by atoms with Crippen molar-refractivity contribution in [1.82, 2.24) is 4.31 Å². The summed E-state index contributed by atoms with van der Waals surface area (Å²) in [5.41, 5.74) is 0. The van der Waals surface area contributed by atoms with Gasteiger partial charge in [-0.2, -0.15) is 4.31 Å². The summed E-state index contributed by atoms with van der Waals surface area (Å²) in [7, 11) is -3.41. The third kappa shape index (κ3) is 2.41. The summed E-state index contributed by atoms with van der Waals surface area (Å²) >= 11 is 0. The smallest absolute Gasteiger partial charge is 0.211 e. The summed E-state index contributed by atoms with van der Waals surface area (Å²) in [4.78, 5) is 10.6. The average Bonchev–Trinajstić information content (AvgIpc) is 2.03. The first-order valence-corrected chi connectivity index (χ1v) is 5.95. The van der Waals surface area contributed by atoms with Crippen LogP contribution in [-0.2, 0) is 14.8 Å². The molecule has 0 bridgehead atoms. The number of aliphatic carboxylic acids is 1. The molecule has 0 N–H and O–H groups in total. The number of nitrogens with zero attached hydrogens (tertiary/aromatic N) is 1. The molecule has 6 heteroatoms. The lowest BCUT2D eigenvalue weighted by atomic mass is 10.1. The van der Waals surface area contributed by atoms with Gasteiger partial charge in [-0.1, -0.05) is 6.42 Å². The number of hydrogen-bond donors (Lipinski definition) is 0. The fourth-order valence-electron chi connectivity index (χ4n) is 1.54. The zero-order chi connectivity index (χ0) is 10.1. The van der Waals surface area contributed by atoms with Crippen molar-refractivity contribution in [3.05, 3.63) is 0 Å². The van der Waals surface area contributed by atoms with E-state index in [1.165, 1.54) is 0 Å². The van der Waals surface area contributed by atoms with Crippen LogP contribution in [0.4, 0.5) is 0 Å². The summed E-state index contributed by atoms with van der Waals surface area (Å²) in [5, 5.41) is 10.6. The van der Waals surface area contributed by atoms with Gasteiger partial charge in [0.1, 0.15) is 0 Å². The van der Waals surface area contributed by atoms with Crippen LogP contribution in [0.15, 0.2) is 0 Å². The number of hydrogen-bond acceptors (Lipinski definition) is 4. The molecule has 1 aliphatic rings. The van der Waals surface area contributed by atoms with E-state index in [0.29, 0.717) is 6.42 Å². The van der Waals surface area contributed by atoms with Crippen LogP contribution in [0.1, 0.15) is 19.3 Å². The minimum Gasteiger partial charge on any atom is -0.548 e. The van der Waals surface area contributed by atoms with Gasteiger partial charge in [0.15, 0.2) is 0 Å². The third-order valence-electron chi connectivity index (χ3n) is 2.15. The van der Waals surface area contributed by atoms with Crippen LogP contribution in [0.3, 0.4) is 0 Å². The molecule has 1 atom stereocenters. The summed E-state index contributed by atoms with van der Waals surface area (Å²) in [6.07, 6.45) is 2.84. The fourth-order valence-corrected chi connectivity index (χ4v) is 2.65. The molecule has 0 spiro atoms. The van der Waals surface area contributed by atoms with Crippen LogP contribution < -0.4 is 5.11 Å². The summed E-state index contributed by atoms with van der Waals surface area (Å²) < 4.78 is 23.3. The Labute approximate surface area is 77.4 Å². The number of carbonyl (C=O) groups is 1. The first kappa shape index (κ1) is 10.5. The molecule has 0 radical (unpaired) electrons. The lowest BCUT2D eigenvalue weighted by Gasteiger charge is -2.33. The quantitative estimate of drug-likeness (QED) is 0.554. The summed E-state index contributed by atoms with van der Waals surface area (Å²) in [6, 6.07) is -0.969. The number of carboxylic acid groups (broad SMARTS) is 1. The molecule has 0 aliphatic carbocycles. The van der Waals surface area contributed by atoms with E-state index in [-0.39, 0.29) is 6.54 Å². The van der Waals surface area contributed by atoms with Crippen molar-refractivity contribution in [3.63, 3.8) is 0 Å². The van der Waals surface area contributed by atoms with Crippen molar-refractivity contribution in [1.29, 1.82) is 0 Å². The Morgan fingerprint density at radius 3 is 2.46 bits per heavy atom. The van der Waals surface area contributed by atoms with Crippen LogP contribution in [0.5, 0.6) is 0 Å². The van der Waals surface area contributed by atoms with Crippen molar-refractivity contribution >= 4 is 16.0 Å². The summed E-state index contributed by atoms with van der Waals surface area (Å²) in [5.74, 6) is -1.30. The van der Waals surface area contributed by atoms with Crippen molar-refractivity contribution in [2.75, 3.05) is 12.8 Å². The topological polar surface area (TPSA) is 77.5 Å². The Morgan fingerprint density at radius 1 is 1.46 bits per heavy atom. The normalized spacial score (nSPS) is 25.8. The first-order chi connectivity index (χ1) is 5.93. The highest BCUT2D eigenvalue weighted by atomic mass is 32.2. The Morgan fingerprint density at radius 2 is 2.08 bits per heavy atom. The van der Waals surface area contributed by atoms with Crippen molar-refractivity contribution < 1.29 is 18.3 Å². The second kappa shape index (κ2) is 3.63. The van der Waals surface area contributed by atoms with Crippen molar-refractivity contribution in [3.8, 4) is 0 Å². The second-order valence-electron chi connectivity index (χ2n) is 3.20. The lowest BCUT2D eigenvalue weighted by molar-refractivity contribution is -0.311. The van der Waals surface area contributed by atoms with E-state index in [2.05, 4.69) is 0 Å². The molecule has 1 saturated heterocycles. The van der Waals surface area contributed by atoms with Gasteiger partial charge in [0.25, 0.3) is 0 Å². The molecule has 1 fully saturated rings. The molecule has 0 amide bonds. The van der Waals surface area contributed by atoms with Gasteiger partial charge in [0.2, 0.25) is 10.0 Å². The maximum Gasteiger partial charge on any atom is 0.211 e. The van der Waals surface area contributed by atoms with Crippen LogP contribution in [-0.4, -0.2) is 37.5 Å². The van der Waals surface area contributed by atoms with Gasteiger partial charge in [-0.05, 0) is 12.8 Å². The Kier molecular flexibility index (Phi) is 2.92. The zero-order valence-corrected chi connectivity index (χ0v) is 8.21. The third-order valence-corrected chi connectivity index (χ3v) is 3.44. The molecular weight excluding hydrogens is 194 g/mol. The molecule has 0 aromatic rings. The van der Waals surface area contributed by atoms with Gasteiger partial charge in [0.05, 0.1) is 18.3 Å². The molecule has 0 saturated carbocycles. The molecule has 1 rings (SSSR count). The first-order valence-electron chi connectivity index (χ1n) is 4.10. The van der Waals surface area contributed by atoms with Gasteiger partial charge < -0.3 is 9.90 Å². The molecule has 0 unspecified atom stereocenters. The van der Waals surface area contributed by atoms with E-state index < -0.39 is 22.0 Å². The molecular formula is C7H12NO4S-. The molecule has 76 valence electrons. The largest absolute Gasteiger partial charge is 0.548 e. The summed E-state index contributed by atoms with van der Waals surface area (Å²) in [6.45, 7) is 0.289. The maximum absolute atomic E-state index is 11.1. The van der Waals surface area contributed by atoms with Gasteiger partial charge in [-0.3, -0.25) is 0 Å². The van der Waals surface area contributed by atoms with Gasteiger partial charge in [0, 0.05) is 6.54 Å². The van der Waals surface area contributed by atoms with E-state index in [1.807, 2.05) is 0 Å². The average molecular weight is 206 g/mol. The maximum atomic E-state index is 11.1. The standard InChI is InChI=1S/C7H13NO4S/c1-13(11,12)8-5-3-2-4-6(8)7(9)10/h6H,2-5H2,1H3,(H,9,10)/p-1/t6-/m1/s1. The predicted octanol–water partition coefficient (Wildman–Crippen LogP) is -1.45. The van der Waals surface area contributed by atoms with Crippen LogP contribution >= 0.6 is 0 Å². The SMILES string of the molecule is CS(=O)(=O)N1CCCC[C@@H]1C(=O)[O-]. The molecule has 1 heterocycles. The predicted molar refractivity (Wildman–Crippen MR) is 44.2 cm³/mol. The van der Waals surface area contributed by atoms with E-state index in [0.717, 1.165) is 23.4 Å². The highest BCUT2D eigenvalue weighted by molar-refractivity contribution is 7.88. The molecule has 13 heavy (non-hydrogen) atoms. The highest BCUT2D eigenvalue weighted by Gasteiger charge is 2.29. The second-order valence-corrected chi connectivity index (χ2v) is 5.14. The van der Waals surface area contributed by atoms with Crippen LogP contribution in [0.2, 0.25) is 0 Å². The van der Waals surface area contributed by atoms with Gasteiger partial charge >= 0.3 is 0 Å². The van der Waals surface area contributed by atoms with Gasteiger partial charge in [-0.15, -0.1) is 0 Å². The highest BCUT2D eigenvalue weighted by Crippen LogP contribution is 2.18. The van der Waals surface area contributed by atoms with E-state index >= 15 is 0 Å². The van der Waals surface area contributed by atoms with E-state index in [1.54, 1.807) is 0 Å². The molecule has 0 aromatic heterocycles. The van der Waals surface area contributed by atoms with Crippen molar-refractivity contribution in [2.24, 2.45) is 0 Å². The number of carbonyl (C=O) groups excluding carboxylic acids is 1. The molecule has 0 aromatic carbocycles. The number of piperidine rings is 1. The minimum atomic E-state index is -3.41. The lowest BCUT2D eigenvalue weighted by Crippen LogP contribution is -2.52. The fraction of sp³-hybridized carbons (Fsp3) is 0.857. The van der Waals surface area contributed by atoms with Crippen molar-refractivity contribution in [2.45, 2.75) is 25.3 Å². The monoisotopic (exact) mass is 206 g/mol. The van der Waals surface area contributed by atoms with Crippen LogP contribution in [0.25, 0.3) is 0 Å². The number of sulfonamides is 1. The number of carboxylic acids is 1. The van der Waals surface area contributed by atoms with Gasteiger partial charge in [-0.25, -0.2) is 8.42 Å². The Bertz CT molecular complexity index is 298. The Balaban J connectivity index is 2.86. The Hall–Kier alpha value is -0.620.